The highest BCUT2D eigenvalue weighted by atomic mass is 16.5. The van der Waals surface area contributed by atoms with Gasteiger partial charge in [0, 0.05) is 12.6 Å². The lowest BCUT2D eigenvalue weighted by molar-refractivity contribution is -0.120. The molecule has 0 spiro atoms. The molecule has 0 saturated carbocycles. The van der Waals surface area contributed by atoms with Crippen molar-refractivity contribution in [1.29, 1.82) is 0 Å². The summed E-state index contributed by atoms with van der Waals surface area (Å²) in [4.78, 5) is 0. The minimum Gasteiger partial charge on any atom is -0.395 e. The lowest BCUT2D eigenvalue weighted by Crippen LogP contribution is -2.65. The van der Waals surface area contributed by atoms with Gasteiger partial charge < -0.3 is 30.5 Å². The van der Waals surface area contributed by atoms with Gasteiger partial charge >= 0.3 is 0 Å². The van der Waals surface area contributed by atoms with Crippen LogP contribution in [0, 0.1) is 0 Å². The summed E-state index contributed by atoms with van der Waals surface area (Å²) in [7, 11) is 0. The first kappa shape index (κ1) is 18.8. The first-order chi connectivity index (χ1) is 12.6. The number of piperidine rings is 1. The van der Waals surface area contributed by atoms with Crippen molar-refractivity contribution in [1.82, 2.24) is 5.31 Å². The van der Waals surface area contributed by atoms with E-state index in [-0.39, 0.29) is 0 Å². The van der Waals surface area contributed by atoms with E-state index in [1.807, 2.05) is 30.3 Å². The van der Waals surface area contributed by atoms with E-state index >= 15 is 0 Å². The van der Waals surface area contributed by atoms with Crippen molar-refractivity contribution in [2.75, 3.05) is 13.2 Å². The molecule has 142 valence electrons. The number of hydrogen-bond donors (Lipinski definition) is 5. The summed E-state index contributed by atoms with van der Waals surface area (Å²) in [5.41, 5.74) is 1.16. The molecule has 0 bridgehead atoms. The largest absolute Gasteiger partial charge is 0.395 e. The number of rotatable bonds is 10. The maximum Gasteiger partial charge on any atom is 0.123 e. The molecule has 1 aromatic rings. The molecule has 0 aromatic heterocycles. The molecule has 0 radical (unpaired) electrons. The maximum atomic E-state index is 10.1. The predicted octanol–water partition coefficient (Wildman–Crippen LogP) is 0.569. The van der Waals surface area contributed by atoms with E-state index in [2.05, 4.69) is 0 Å². The minimum absolute atomic E-state index is 0.427. The molecule has 6 nitrogen and oxygen atoms in total. The molecule has 0 amide bonds. The Balaban J connectivity index is 1.60. The summed E-state index contributed by atoms with van der Waals surface area (Å²) in [5, 5.41) is 40.2. The highest BCUT2D eigenvalue weighted by Crippen LogP contribution is 2.19. The summed E-state index contributed by atoms with van der Waals surface area (Å²) in [6.45, 7) is 0.887. The van der Waals surface area contributed by atoms with E-state index in [4.69, 9.17) is 6.15 Å². The van der Waals surface area contributed by atoms with E-state index < -0.39 is 37.0 Å². The second-order valence-corrected chi connectivity index (χ2v) is 6.68. The molecule has 25 heavy (non-hydrogen) atoms. The molecular weight excluding hydrogens is 322 g/mol. The van der Waals surface area contributed by atoms with Crippen molar-refractivity contribution in [2.24, 2.45) is 0 Å². The van der Waals surface area contributed by atoms with Gasteiger partial charge in [0.2, 0.25) is 0 Å². The molecule has 5 N–H and O–H groups in total. The quantitative estimate of drug-likeness (QED) is 0.394. The lowest BCUT2D eigenvalue weighted by Gasteiger charge is -2.41. The van der Waals surface area contributed by atoms with Gasteiger partial charge in [-0.1, -0.05) is 49.6 Å². The zero-order valence-electron chi connectivity index (χ0n) is 15.6. The van der Waals surface area contributed by atoms with Crippen molar-refractivity contribution in [3.05, 3.63) is 35.9 Å². The monoisotopic (exact) mass is 354 g/mol. The second kappa shape index (κ2) is 10.9. The fourth-order valence-corrected chi connectivity index (χ4v) is 3.16. The summed E-state index contributed by atoms with van der Waals surface area (Å²) in [6, 6.07) is 8.58. The smallest absolute Gasteiger partial charge is 0.123 e. The summed E-state index contributed by atoms with van der Waals surface area (Å²) in [6.07, 6.45) is 0.395. The Labute approximate surface area is 150 Å². The SMILES string of the molecule is [2H]N1C(CCCCCCOCc2ccccc2)[C@H](O)[C@@H](O)[C@@H](O)[C@H]1CO. The van der Waals surface area contributed by atoms with Crippen LogP contribution in [0.1, 0.15) is 37.7 Å². The van der Waals surface area contributed by atoms with Crippen molar-refractivity contribution >= 4 is 0 Å². The van der Waals surface area contributed by atoms with Crippen LogP contribution in [-0.2, 0) is 11.3 Å². The van der Waals surface area contributed by atoms with E-state index in [0.717, 1.165) is 36.6 Å². The van der Waals surface area contributed by atoms with Gasteiger partial charge in [0.25, 0.3) is 0 Å². The molecule has 1 aliphatic rings. The van der Waals surface area contributed by atoms with Crippen LogP contribution < -0.4 is 5.31 Å². The topological polar surface area (TPSA) is 102 Å². The molecular formula is C19H31NO5. The van der Waals surface area contributed by atoms with Gasteiger partial charge in [0.1, 0.15) is 7.52 Å². The van der Waals surface area contributed by atoms with Gasteiger partial charge in [-0.3, -0.25) is 0 Å². The minimum atomic E-state index is -1.33. The number of benzene rings is 1. The number of ether oxygens (including phenoxy) is 1. The molecule has 0 aliphatic carbocycles. The van der Waals surface area contributed by atoms with Crippen LogP contribution in [-0.4, -0.2) is 64.0 Å². The molecule has 5 atom stereocenters. The number of hydrogen-bond acceptors (Lipinski definition) is 6. The second-order valence-electron chi connectivity index (χ2n) is 6.68. The average Bonchev–Trinajstić information content (AvgIpc) is 2.66. The zero-order chi connectivity index (χ0) is 18.9. The molecule has 6 heteroatoms. The Bertz CT molecular complexity index is 506. The highest BCUT2D eigenvalue weighted by Gasteiger charge is 2.41. The Morgan fingerprint density at radius 2 is 1.60 bits per heavy atom. The molecule has 1 fully saturated rings. The number of nitrogens with one attached hydrogen (secondary N) is 1. The van der Waals surface area contributed by atoms with Crippen molar-refractivity contribution < 1.29 is 26.6 Å². The van der Waals surface area contributed by atoms with E-state index in [1.165, 1.54) is 0 Å². The van der Waals surface area contributed by atoms with Gasteiger partial charge in [0.05, 0.1) is 31.5 Å². The number of aliphatic hydroxyl groups is 4. The van der Waals surface area contributed by atoms with Crippen LogP contribution in [0.25, 0.3) is 0 Å². The third-order valence-corrected chi connectivity index (χ3v) is 4.71. The zero-order valence-corrected chi connectivity index (χ0v) is 14.6. The first-order valence-corrected chi connectivity index (χ1v) is 9.10. The fraction of sp³-hybridized carbons (Fsp3) is 0.684. The standard InChI is InChI=1S/C19H31NO5/c21-12-16-18(23)19(24)17(22)15(20-16)10-6-1-2-7-11-25-13-14-8-4-3-5-9-14/h3-5,8-9,15-24H,1-2,6-7,10-13H2/t15?,16-,17+,18+,19-/m1/s1/i/hD. The molecule has 1 aliphatic heterocycles. The highest BCUT2D eigenvalue weighted by molar-refractivity contribution is 5.13. The van der Waals surface area contributed by atoms with Crippen LogP contribution in [0.3, 0.4) is 0 Å². The normalized spacial score (nSPS) is 31.0. The van der Waals surface area contributed by atoms with Crippen LogP contribution >= 0.6 is 0 Å². The van der Waals surface area contributed by atoms with Gasteiger partial charge in [-0.25, -0.2) is 0 Å². The summed E-state index contributed by atoms with van der Waals surface area (Å²) >= 11 is 0. The van der Waals surface area contributed by atoms with Crippen molar-refractivity contribution in [3.63, 3.8) is 0 Å². The predicted molar refractivity (Wildman–Crippen MR) is 95.0 cm³/mol. The first-order valence-electron chi connectivity index (χ1n) is 9.55. The third-order valence-electron chi connectivity index (χ3n) is 4.71. The van der Waals surface area contributed by atoms with Crippen LogP contribution in [0.5, 0.6) is 0 Å². The van der Waals surface area contributed by atoms with Crippen molar-refractivity contribution in [3.8, 4) is 0 Å². The molecule has 1 aromatic carbocycles. The van der Waals surface area contributed by atoms with Gasteiger partial charge in [-0.15, -0.1) is 0 Å². The average molecular weight is 354 g/mol. The Hall–Kier alpha value is -1.02. The summed E-state index contributed by atoms with van der Waals surface area (Å²) in [5.74, 6) is 0. The van der Waals surface area contributed by atoms with E-state index in [1.54, 1.807) is 0 Å². The van der Waals surface area contributed by atoms with Crippen molar-refractivity contribution in [2.45, 2.75) is 69.1 Å². The van der Waals surface area contributed by atoms with E-state index in [9.17, 15) is 20.4 Å². The lowest BCUT2D eigenvalue weighted by atomic mass is 9.88. The Morgan fingerprint density at radius 1 is 0.920 bits per heavy atom. The van der Waals surface area contributed by atoms with Crippen LogP contribution in [0.4, 0.5) is 0 Å². The van der Waals surface area contributed by atoms with Gasteiger partial charge in [-0.05, 0) is 18.4 Å². The summed E-state index contributed by atoms with van der Waals surface area (Å²) < 4.78 is 13.7. The molecule has 1 heterocycles. The Morgan fingerprint density at radius 3 is 2.32 bits per heavy atom. The van der Waals surface area contributed by atoms with Crippen LogP contribution in [0.15, 0.2) is 30.3 Å². The maximum absolute atomic E-state index is 10.1. The fourth-order valence-electron chi connectivity index (χ4n) is 3.16. The number of unbranched alkanes of at least 4 members (excludes halogenated alkanes) is 3. The molecule has 1 saturated heterocycles. The molecule has 2 rings (SSSR count). The van der Waals surface area contributed by atoms with Crippen LogP contribution in [0.2, 0.25) is 1.41 Å². The third kappa shape index (κ3) is 6.33. The van der Waals surface area contributed by atoms with Gasteiger partial charge in [-0.2, -0.15) is 0 Å². The molecule has 1 unspecified atom stereocenters. The Kier molecular flexibility index (Phi) is 8.15. The number of aliphatic hydroxyl groups excluding tert-OH is 4. The van der Waals surface area contributed by atoms with E-state index in [0.29, 0.717) is 19.6 Å². The van der Waals surface area contributed by atoms with Gasteiger partial charge in [0.15, 0.2) is 0 Å².